The number of rotatable bonds is 3. The SMILES string of the molecule is CNC1CCC(OC(C)C)CC1. The topological polar surface area (TPSA) is 21.3 Å². The molecular formula is C10H21NO. The maximum Gasteiger partial charge on any atom is 0.0579 e. The molecule has 0 radical (unpaired) electrons. The van der Waals surface area contributed by atoms with E-state index < -0.39 is 0 Å². The molecule has 1 rings (SSSR count). The molecule has 72 valence electrons. The zero-order chi connectivity index (χ0) is 8.97. The minimum Gasteiger partial charge on any atom is -0.376 e. The Morgan fingerprint density at radius 1 is 1.17 bits per heavy atom. The van der Waals surface area contributed by atoms with Gasteiger partial charge in [-0.25, -0.2) is 0 Å². The molecule has 0 saturated heterocycles. The smallest absolute Gasteiger partial charge is 0.0579 e. The van der Waals surface area contributed by atoms with E-state index in [0.29, 0.717) is 12.2 Å². The van der Waals surface area contributed by atoms with Crippen LogP contribution in [0.15, 0.2) is 0 Å². The van der Waals surface area contributed by atoms with Gasteiger partial charge in [-0.3, -0.25) is 0 Å². The van der Waals surface area contributed by atoms with Crippen LogP contribution in [-0.2, 0) is 4.74 Å². The van der Waals surface area contributed by atoms with Gasteiger partial charge < -0.3 is 10.1 Å². The Kier molecular flexibility index (Phi) is 4.02. The summed E-state index contributed by atoms with van der Waals surface area (Å²) < 4.78 is 5.76. The predicted molar refractivity (Wildman–Crippen MR) is 51.3 cm³/mol. The van der Waals surface area contributed by atoms with Crippen LogP contribution >= 0.6 is 0 Å². The van der Waals surface area contributed by atoms with Gasteiger partial charge in [0.2, 0.25) is 0 Å². The Morgan fingerprint density at radius 3 is 2.17 bits per heavy atom. The second-order valence-corrected chi connectivity index (χ2v) is 3.95. The highest BCUT2D eigenvalue weighted by molar-refractivity contribution is 4.76. The second kappa shape index (κ2) is 4.83. The highest BCUT2D eigenvalue weighted by Gasteiger charge is 2.20. The molecule has 0 aromatic heterocycles. The van der Waals surface area contributed by atoms with Gasteiger partial charge in [-0.05, 0) is 46.6 Å². The van der Waals surface area contributed by atoms with Crippen LogP contribution in [0.5, 0.6) is 0 Å². The third kappa shape index (κ3) is 3.11. The van der Waals surface area contributed by atoms with Crippen LogP contribution in [0.4, 0.5) is 0 Å². The van der Waals surface area contributed by atoms with Crippen LogP contribution < -0.4 is 5.32 Å². The van der Waals surface area contributed by atoms with E-state index in [-0.39, 0.29) is 0 Å². The Labute approximate surface area is 75.7 Å². The minimum absolute atomic E-state index is 0.390. The van der Waals surface area contributed by atoms with E-state index in [4.69, 9.17) is 4.74 Å². The van der Waals surface area contributed by atoms with Crippen molar-refractivity contribution in [3.8, 4) is 0 Å². The van der Waals surface area contributed by atoms with E-state index in [2.05, 4.69) is 19.2 Å². The lowest BCUT2D eigenvalue weighted by atomic mass is 9.93. The largest absolute Gasteiger partial charge is 0.376 e. The molecule has 1 fully saturated rings. The third-order valence-corrected chi connectivity index (χ3v) is 2.55. The van der Waals surface area contributed by atoms with E-state index >= 15 is 0 Å². The molecule has 0 unspecified atom stereocenters. The van der Waals surface area contributed by atoms with Crippen molar-refractivity contribution in [2.45, 2.75) is 57.8 Å². The van der Waals surface area contributed by atoms with Gasteiger partial charge in [-0.2, -0.15) is 0 Å². The third-order valence-electron chi connectivity index (χ3n) is 2.55. The molecule has 2 nitrogen and oxygen atoms in total. The molecule has 0 bridgehead atoms. The fourth-order valence-corrected chi connectivity index (χ4v) is 1.87. The lowest BCUT2D eigenvalue weighted by molar-refractivity contribution is -0.0157. The van der Waals surface area contributed by atoms with Crippen molar-refractivity contribution in [2.75, 3.05) is 7.05 Å². The van der Waals surface area contributed by atoms with Crippen LogP contribution in [-0.4, -0.2) is 25.3 Å². The Morgan fingerprint density at radius 2 is 1.75 bits per heavy atom. The first-order valence-electron chi connectivity index (χ1n) is 5.05. The van der Waals surface area contributed by atoms with Gasteiger partial charge in [0, 0.05) is 6.04 Å². The van der Waals surface area contributed by atoms with Gasteiger partial charge in [-0.1, -0.05) is 0 Å². The van der Waals surface area contributed by atoms with Gasteiger partial charge in [0.25, 0.3) is 0 Å². The van der Waals surface area contributed by atoms with Crippen molar-refractivity contribution < 1.29 is 4.74 Å². The molecule has 0 atom stereocenters. The Bertz CT molecular complexity index is 117. The van der Waals surface area contributed by atoms with Crippen molar-refractivity contribution in [3.05, 3.63) is 0 Å². The van der Waals surface area contributed by atoms with Crippen LogP contribution in [0.1, 0.15) is 39.5 Å². The summed E-state index contributed by atoms with van der Waals surface area (Å²) in [7, 11) is 2.05. The Hall–Kier alpha value is -0.0800. The lowest BCUT2D eigenvalue weighted by Gasteiger charge is -2.29. The molecule has 2 heteroatoms. The number of hydrogen-bond acceptors (Lipinski definition) is 2. The standard InChI is InChI=1S/C10H21NO/c1-8(2)12-10-6-4-9(11-3)5-7-10/h8-11H,4-7H2,1-3H3. The summed E-state index contributed by atoms with van der Waals surface area (Å²) in [5.41, 5.74) is 0. The van der Waals surface area contributed by atoms with Gasteiger partial charge in [0.05, 0.1) is 12.2 Å². The van der Waals surface area contributed by atoms with E-state index in [1.165, 1.54) is 25.7 Å². The first kappa shape index (κ1) is 10.0. The molecule has 0 aliphatic heterocycles. The van der Waals surface area contributed by atoms with Crippen molar-refractivity contribution in [3.63, 3.8) is 0 Å². The van der Waals surface area contributed by atoms with Crippen LogP contribution in [0.2, 0.25) is 0 Å². The maximum absolute atomic E-state index is 5.76. The molecule has 1 aliphatic rings. The van der Waals surface area contributed by atoms with Gasteiger partial charge in [0.1, 0.15) is 0 Å². The van der Waals surface area contributed by atoms with Gasteiger partial charge >= 0.3 is 0 Å². The molecule has 1 N–H and O–H groups in total. The number of hydrogen-bond donors (Lipinski definition) is 1. The number of ether oxygens (including phenoxy) is 1. The summed E-state index contributed by atoms with van der Waals surface area (Å²) >= 11 is 0. The Balaban J connectivity index is 2.17. The predicted octanol–water partition coefficient (Wildman–Crippen LogP) is 1.94. The average Bonchev–Trinajstić information content (AvgIpc) is 2.05. The molecule has 0 spiro atoms. The van der Waals surface area contributed by atoms with Crippen molar-refractivity contribution in [1.29, 1.82) is 0 Å². The number of nitrogens with one attached hydrogen (secondary N) is 1. The zero-order valence-corrected chi connectivity index (χ0v) is 8.47. The van der Waals surface area contributed by atoms with Crippen molar-refractivity contribution in [1.82, 2.24) is 5.32 Å². The highest BCUT2D eigenvalue weighted by Crippen LogP contribution is 2.21. The molecular weight excluding hydrogens is 150 g/mol. The quantitative estimate of drug-likeness (QED) is 0.700. The minimum atomic E-state index is 0.390. The first-order valence-corrected chi connectivity index (χ1v) is 5.05. The van der Waals surface area contributed by atoms with Crippen LogP contribution in [0.3, 0.4) is 0 Å². The molecule has 0 amide bonds. The fourth-order valence-electron chi connectivity index (χ4n) is 1.87. The first-order chi connectivity index (χ1) is 5.72. The summed E-state index contributed by atoms with van der Waals surface area (Å²) in [6.45, 7) is 4.23. The van der Waals surface area contributed by atoms with Crippen LogP contribution in [0.25, 0.3) is 0 Å². The molecule has 0 aromatic carbocycles. The van der Waals surface area contributed by atoms with E-state index in [9.17, 15) is 0 Å². The molecule has 12 heavy (non-hydrogen) atoms. The van der Waals surface area contributed by atoms with Gasteiger partial charge in [-0.15, -0.1) is 0 Å². The van der Waals surface area contributed by atoms with Crippen molar-refractivity contribution in [2.24, 2.45) is 0 Å². The molecule has 1 aliphatic carbocycles. The fraction of sp³-hybridized carbons (Fsp3) is 1.00. The van der Waals surface area contributed by atoms with E-state index in [1.54, 1.807) is 0 Å². The molecule has 0 heterocycles. The lowest BCUT2D eigenvalue weighted by Crippen LogP contribution is -2.33. The van der Waals surface area contributed by atoms with E-state index in [0.717, 1.165) is 6.04 Å². The summed E-state index contributed by atoms with van der Waals surface area (Å²) in [4.78, 5) is 0. The zero-order valence-electron chi connectivity index (χ0n) is 8.47. The van der Waals surface area contributed by atoms with Gasteiger partial charge in [0.15, 0.2) is 0 Å². The second-order valence-electron chi connectivity index (χ2n) is 3.95. The monoisotopic (exact) mass is 171 g/mol. The average molecular weight is 171 g/mol. The molecule has 1 saturated carbocycles. The van der Waals surface area contributed by atoms with Crippen molar-refractivity contribution >= 4 is 0 Å². The summed E-state index contributed by atoms with van der Waals surface area (Å²) in [6, 6.07) is 0.733. The normalized spacial score (nSPS) is 31.0. The van der Waals surface area contributed by atoms with Crippen LogP contribution in [0, 0.1) is 0 Å². The highest BCUT2D eigenvalue weighted by atomic mass is 16.5. The summed E-state index contributed by atoms with van der Waals surface area (Å²) in [5, 5.41) is 3.32. The summed E-state index contributed by atoms with van der Waals surface area (Å²) in [5.74, 6) is 0. The summed E-state index contributed by atoms with van der Waals surface area (Å²) in [6.07, 6.45) is 5.91. The maximum atomic E-state index is 5.76. The van der Waals surface area contributed by atoms with E-state index in [1.807, 2.05) is 7.05 Å². The molecule has 0 aromatic rings.